The molecule has 2 heteroatoms. The molecule has 0 amide bonds. The zero-order chi connectivity index (χ0) is 18.7. The highest BCUT2D eigenvalue weighted by atomic mass is 16.5. The summed E-state index contributed by atoms with van der Waals surface area (Å²) in [6.45, 7) is 5.78. The number of fused-ring (bicyclic) bond motifs is 1. The predicted molar refractivity (Wildman–Crippen MR) is 114 cm³/mol. The van der Waals surface area contributed by atoms with Crippen LogP contribution in [0, 0.1) is 11.8 Å². The fourth-order valence-corrected chi connectivity index (χ4v) is 5.08. The molecule has 0 spiro atoms. The minimum Gasteiger partial charge on any atom is -0.457 e. The Morgan fingerprint density at radius 2 is 1.63 bits per heavy atom. The number of rotatable bonds is 8. The molecule has 2 aliphatic rings. The fourth-order valence-electron chi connectivity index (χ4n) is 5.08. The summed E-state index contributed by atoms with van der Waals surface area (Å²) >= 11 is 0. The molecule has 0 heterocycles. The Bertz CT molecular complexity index is 755. The van der Waals surface area contributed by atoms with Gasteiger partial charge in [-0.2, -0.15) is 0 Å². The predicted octanol–water partition coefficient (Wildman–Crippen LogP) is 6.83. The lowest BCUT2D eigenvalue weighted by atomic mass is 10.0. The second kappa shape index (κ2) is 7.80. The van der Waals surface area contributed by atoms with Gasteiger partial charge in [0.05, 0.1) is 0 Å². The second-order valence-electron chi connectivity index (χ2n) is 8.10. The number of ether oxygens (including phenoxy) is 1. The zero-order valence-corrected chi connectivity index (χ0v) is 16.6. The van der Waals surface area contributed by atoms with E-state index < -0.39 is 0 Å². The van der Waals surface area contributed by atoms with Crippen molar-refractivity contribution in [3.63, 3.8) is 0 Å². The molecule has 2 aromatic carbocycles. The SMILES string of the molecule is CC/C=C\CCN(c1ccc(Oc2ccccc2)cc1)C1(C)C2CCCC21. The summed E-state index contributed by atoms with van der Waals surface area (Å²) in [5, 5.41) is 0. The first-order chi connectivity index (χ1) is 13.2. The van der Waals surface area contributed by atoms with Crippen molar-refractivity contribution in [3.05, 3.63) is 66.7 Å². The average Bonchev–Trinajstić information content (AvgIpc) is 3.05. The average molecular weight is 362 g/mol. The van der Waals surface area contributed by atoms with Gasteiger partial charge in [0.1, 0.15) is 11.5 Å². The maximum atomic E-state index is 5.97. The summed E-state index contributed by atoms with van der Waals surface area (Å²) in [4.78, 5) is 2.67. The first kappa shape index (κ1) is 18.2. The van der Waals surface area contributed by atoms with Gasteiger partial charge in [-0.25, -0.2) is 0 Å². The van der Waals surface area contributed by atoms with Crippen LogP contribution in [0.3, 0.4) is 0 Å². The number of hydrogen-bond acceptors (Lipinski definition) is 2. The van der Waals surface area contributed by atoms with Crippen LogP contribution in [0.4, 0.5) is 5.69 Å². The summed E-state index contributed by atoms with van der Waals surface area (Å²) in [7, 11) is 0. The molecule has 2 aromatic rings. The molecule has 0 bridgehead atoms. The van der Waals surface area contributed by atoms with E-state index in [9.17, 15) is 0 Å². The maximum absolute atomic E-state index is 5.97. The molecule has 2 nitrogen and oxygen atoms in total. The highest BCUT2D eigenvalue weighted by molar-refractivity contribution is 5.55. The van der Waals surface area contributed by atoms with Crippen LogP contribution in [-0.4, -0.2) is 12.1 Å². The van der Waals surface area contributed by atoms with Gasteiger partial charge in [0.2, 0.25) is 0 Å². The van der Waals surface area contributed by atoms with Gasteiger partial charge in [-0.15, -0.1) is 0 Å². The third-order valence-corrected chi connectivity index (χ3v) is 6.54. The van der Waals surface area contributed by atoms with Crippen molar-refractivity contribution in [3.8, 4) is 11.5 Å². The molecule has 27 heavy (non-hydrogen) atoms. The van der Waals surface area contributed by atoms with Crippen molar-refractivity contribution in [1.82, 2.24) is 0 Å². The minimum absolute atomic E-state index is 0.347. The Hall–Kier alpha value is -2.22. The lowest BCUT2D eigenvalue weighted by molar-refractivity contribution is 0.480. The Labute approximate surface area is 163 Å². The van der Waals surface area contributed by atoms with Crippen molar-refractivity contribution >= 4 is 5.69 Å². The molecule has 142 valence electrons. The van der Waals surface area contributed by atoms with Crippen LogP contribution in [0.25, 0.3) is 0 Å². The van der Waals surface area contributed by atoms with Crippen molar-refractivity contribution in [2.45, 2.75) is 51.5 Å². The molecule has 2 fully saturated rings. The lowest BCUT2D eigenvalue weighted by Crippen LogP contribution is -2.39. The molecule has 2 unspecified atom stereocenters. The normalized spacial score (nSPS) is 26.1. The first-order valence-electron chi connectivity index (χ1n) is 10.5. The van der Waals surface area contributed by atoms with E-state index in [1.54, 1.807) is 0 Å². The van der Waals surface area contributed by atoms with Crippen molar-refractivity contribution in [2.24, 2.45) is 11.8 Å². The van der Waals surface area contributed by atoms with Crippen LogP contribution >= 0.6 is 0 Å². The highest BCUT2D eigenvalue weighted by Gasteiger charge is 2.65. The van der Waals surface area contributed by atoms with E-state index in [0.717, 1.165) is 42.7 Å². The number of para-hydroxylation sites is 1. The smallest absolute Gasteiger partial charge is 0.127 e. The van der Waals surface area contributed by atoms with E-state index in [0.29, 0.717) is 5.54 Å². The van der Waals surface area contributed by atoms with Crippen LogP contribution < -0.4 is 9.64 Å². The molecule has 0 N–H and O–H groups in total. The Morgan fingerprint density at radius 3 is 2.30 bits per heavy atom. The van der Waals surface area contributed by atoms with Crippen molar-refractivity contribution in [2.75, 3.05) is 11.4 Å². The largest absolute Gasteiger partial charge is 0.457 e. The summed E-state index contributed by atoms with van der Waals surface area (Å²) in [6.07, 6.45) is 11.1. The van der Waals surface area contributed by atoms with E-state index in [2.05, 4.69) is 55.2 Å². The van der Waals surface area contributed by atoms with E-state index in [1.165, 1.54) is 24.9 Å². The Balaban J connectivity index is 1.50. The van der Waals surface area contributed by atoms with E-state index in [-0.39, 0.29) is 0 Å². The molecule has 2 saturated carbocycles. The third-order valence-electron chi connectivity index (χ3n) is 6.54. The van der Waals surface area contributed by atoms with Gasteiger partial charge in [0.25, 0.3) is 0 Å². The van der Waals surface area contributed by atoms with Gasteiger partial charge in [-0.3, -0.25) is 0 Å². The van der Waals surface area contributed by atoms with Crippen LogP contribution in [-0.2, 0) is 0 Å². The number of allylic oxidation sites excluding steroid dienone is 1. The summed E-state index contributed by atoms with van der Waals surface area (Å²) in [5.41, 5.74) is 1.68. The van der Waals surface area contributed by atoms with Crippen molar-refractivity contribution in [1.29, 1.82) is 0 Å². The van der Waals surface area contributed by atoms with E-state index in [4.69, 9.17) is 4.74 Å². The van der Waals surface area contributed by atoms with Crippen LogP contribution in [0.2, 0.25) is 0 Å². The Morgan fingerprint density at radius 1 is 0.963 bits per heavy atom. The van der Waals surface area contributed by atoms with Gasteiger partial charge < -0.3 is 9.64 Å². The van der Waals surface area contributed by atoms with Crippen LogP contribution in [0.1, 0.15) is 46.0 Å². The zero-order valence-electron chi connectivity index (χ0n) is 16.6. The van der Waals surface area contributed by atoms with Gasteiger partial charge in [-0.05, 0) is 80.8 Å². The molecule has 0 aliphatic heterocycles. The monoisotopic (exact) mass is 361 g/mol. The number of benzene rings is 2. The van der Waals surface area contributed by atoms with Gasteiger partial charge >= 0.3 is 0 Å². The molecule has 4 rings (SSSR count). The van der Waals surface area contributed by atoms with E-state index in [1.807, 2.05) is 30.3 Å². The molecular formula is C25H31NO. The number of nitrogens with zero attached hydrogens (tertiary/aromatic N) is 1. The maximum Gasteiger partial charge on any atom is 0.127 e. The molecule has 0 aromatic heterocycles. The first-order valence-corrected chi connectivity index (χ1v) is 10.5. The molecular weight excluding hydrogens is 330 g/mol. The number of anilines is 1. The fraction of sp³-hybridized carbons (Fsp3) is 0.440. The quantitative estimate of drug-likeness (QED) is 0.478. The standard InChI is InChI=1S/C25H31NO/c1-3-4-5-9-19-26(25(2)23-13-10-14-24(23)25)20-15-17-22(18-16-20)27-21-11-7-6-8-12-21/h4-8,11-12,15-18,23-24H,3,9-10,13-14,19H2,1-2H3/b5-4-. The van der Waals surface area contributed by atoms with Gasteiger partial charge in [0.15, 0.2) is 0 Å². The summed E-state index contributed by atoms with van der Waals surface area (Å²) in [6, 6.07) is 18.7. The van der Waals surface area contributed by atoms with Crippen LogP contribution in [0.15, 0.2) is 66.7 Å². The molecule has 2 aliphatic carbocycles. The van der Waals surface area contributed by atoms with E-state index >= 15 is 0 Å². The van der Waals surface area contributed by atoms with Gasteiger partial charge in [0, 0.05) is 17.8 Å². The third kappa shape index (κ3) is 3.63. The molecule has 0 radical (unpaired) electrons. The topological polar surface area (TPSA) is 12.5 Å². The number of hydrogen-bond donors (Lipinski definition) is 0. The summed E-state index contributed by atoms with van der Waals surface area (Å²) in [5.74, 6) is 3.55. The Kier molecular flexibility index (Phi) is 5.24. The van der Waals surface area contributed by atoms with Crippen molar-refractivity contribution < 1.29 is 4.74 Å². The minimum atomic E-state index is 0.347. The summed E-state index contributed by atoms with van der Waals surface area (Å²) < 4.78 is 5.97. The van der Waals surface area contributed by atoms with Gasteiger partial charge in [-0.1, -0.05) is 43.7 Å². The van der Waals surface area contributed by atoms with Crippen LogP contribution in [0.5, 0.6) is 11.5 Å². The molecule has 2 atom stereocenters. The highest BCUT2D eigenvalue weighted by Crippen LogP contribution is 2.64. The lowest BCUT2D eigenvalue weighted by Gasteiger charge is -2.35. The second-order valence-corrected chi connectivity index (χ2v) is 8.10. The molecule has 0 saturated heterocycles.